The van der Waals surface area contributed by atoms with Gasteiger partial charge in [-0.05, 0) is 6.07 Å². The number of hydrogen-bond donors (Lipinski definition) is 0. The normalized spacial score (nSPS) is 9.85. The molecule has 2 aromatic rings. The first-order valence-corrected chi connectivity index (χ1v) is 4.57. The van der Waals surface area contributed by atoms with Crippen LogP contribution < -0.4 is 0 Å². The van der Waals surface area contributed by atoms with Crippen LogP contribution in [0.25, 0.3) is 16.9 Å². The molecule has 0 N–H and O–H groups in total. The molecule has 0 saturated carbocycles. The molecular formula is C9H7N3S. The van der Waals surface area contributed by atoms with Crippen molar-refractivity contribution in [1.82, 2.24) is 15.0 Å². The Bertz CT molecular complexity index is 408. The van der Waals surface area contributed by atoms with Gasteiger partial charge in [-0.1, -0.05) is 12.7 Å². The SMILES string of the molecule is C=Cc1cnc(-c2ncccn2)s1. The van der Waals surface area contributed by atoms with Crippen LogP contribution in [0.2, 0.25) is 0 Å². The highest BCUT2D eigenvalue weighted by Crippen LogP contribution is 2.21. The van der Waals surface area contributed by atoms with Crippen LogP contribution in [0, 0.1) is 0 Å². The maximum Gasteiger partial charge on any atom is 0.188 e. The minimum atomic E-state index is 0.667. The van der Waals surface area contributed by atoms with Gasteiger partial charge in [0.25, 0.3) is 0 Å². The fourth-order valence-electron chi connectivity index (χ4n) is 0.894. The van der Waals surface area contributed by atoms with Gasteiger partial charge in [0.15, 0.2) is 10.8 Å². The minimum absolute atomic E-state index is 0.667. The van der Waals surface area contributed by atoms with Crippen LogP contribution in [0.15, 0.2) is 31.2 Å². The Hall–Kier alpha value is -1.55. The molecule has 2 heterocycles. The van der Waals surface area contributed by atoms with Crippen LogP contribution in [-0.2, 0) is 0 Å². The standard InChI is InChI=1S/C9H7N3S/c1-2-7-6-12-9(13-7)8-10-4-3-5-11-8/h2-6H,1H2. The molecule has 13 heavy (non-hydrogen) atoms. The Kier molecular flexibility index (Phi) is 2.14. The molecule has 0 bridgehead atoms. The summed E-state index contributed by atoms with van der Waals surface area (Å²) in [5.74, 6) is 0.667. The van der Waals surface area contributed by atoms with Crippen molar-refractivity contribution in [3.05, 3.63) is 36.1 Å². The highest BCUT2D eigenvalue weighted by atomic mass is 32.1. The van der Waals surface area contributed by atoms with Gasteiger partial charge in [-0.15, -0.1) is 11.3 Å². The lowest BCUT2D eigenvalue weighted by Gasteiger charge is -1.90. The predicted molar refractivity (Wildman–Crippen MR) is 53.2 cm³/mol. The van der Waals surface area contributed by atoms with E-state index in [1.165, 1.54) is 11.3 Å². The van der Waals surface area contributed by atoms with Crippen molar-refractivity contribution in [2.24, 2.45) is 0 Å². The zero-order valence-electron chi connectivity index (χ0n) is 6.84. The second-order valence-corrected chi connectivity index (χ2v) is 3.41. The Labute approximate surface area is 79.8 Å². The first kappa shape index (κ1) is 8.07. The van der Waals surface area contributed by atoms with E-state index in [0.717, 1.165) is 9.88 Å². The Morgan fingerprint density at radius 1 is 1.23 bits per heavy atom. The van der Waals surface area contributed by atoms with Crippen LogP contribution in [0.4, 0.5) is 0 Å². The maximum absolute atomic E-state index is 4.18. The fourth-order valence-corrected chi connectivity index (χ4v) is 1.61. The molecule has 64 valence electrons. The molecule has 0 amide bonds. The molecule has 0 aliphatic rings. The van der Waals surface area contributed by atoms with E-state index in [1.54, 1.807) is 30.7 Å². The third-order valence-corrected chi connectivity index (χ3v) is 2.47. The zero-order valence-corrected chi connectivity index (χ0v) is 7.66. The summed E-state index contributed by atoms with van der Waals surface area (Å²) in [4.78, 5) is 13.4. The average molecular weight is 189 g/mol. The Morgan fingerprint density at radius 2 is 2.00 bits per heavy atom. The van der Waals surface area contributed by atoms with Crippen molar-refractivity contribution in [3.63, 3.8) is 0 Å². The van der Waals surface area contributed by atoms with E-state index in [2.05, 4.69) is 21.5 Å². The van der Waals surface area contributed by atoms with E-state index in [1.807, 2.05) is 0 Å². The lowest BCUT2D eigenvalue weighted by atomic mass is 10.5. The molecule has 4 heteroatoms. The predicted octanol–water partition coefficient (Wildman–Crippen LogP) is 2.24. The molecule has 2 aromatic heterocycles. The van der Waals surface area contributed by atoms with Crippen LogP contribution in [0.1, 0.15) is 4.88 Å². The van der Waals surface area contributed by atoms with Crippen molar-refractivity contribution >= 4 is 17.4 Å². The third-order valence-electron chi connectivity index (χ3n) is 1.48. The van der Waals surface area contributed by atoms with Crippen molar-refractivity contribution in [3.8, 4) is 10.8 Å². The van der Waals surface area contributed by atoms with Gasteiger partial charge >= 0.3 is 0 Å². The fraction of sp³-hybridized carbons (Fsp3) is 0. The number of thiazole rings is 1. The van der Waals surface area contributed by atoms with E-state index in [0.29, 0.717) is 5.82 Å². The summed E-state index contributed by atoms with van der Waals surface area (Å²) in [6.07, 6.45) is 6.95. The summed E-state index contributed by atoms with van der Waals surface area (Å²) in [5.41, 5.74) is 0. The molecule has 0 aromatic carbocycles. The topological polar surface area (TPSA) is 38.7 Å². The van der Waals surface area contributed by atoms with Gasteiger partial charge in [-0.25, -0.2) is 15.0 Å². The van der Waals surface area contributed by atoms with Crippen LogP contribution >= 0.6 is 11.3 Å². The smallest absolute Gasteiger partial charge is 0.188 e. The van der Waals surface area contributed by atoms with Crippen molar-refractivity contribution in [2.75, 3.05) is 0 Å². The number of nitrogens with zero attached hydrogens (tertiary/aromatic N) is 3. The summed E-state index contributed by atoms with van der Waals surface area (Å²) >= 11 is 1.53. The first-order valence-electron chi connectivity index (χ1n) is 3.76. The lowest BCUT2D eigenvalue weighted by Crippen LogP contribution is -1.84. The third kappa shape index (κ3) is 1.62. The molecule has 0 fully saturated rings. The highest BCUT2D eigenvalue weighted by Gasteiger charge is 2.03. The number of rotatable bonds is 2. The quantitative estimate of drug-likeness (QED) is 0.727. The van der Waals surface area contributed by atoms with Crippen molar-refractivity contribution < 1.29 is 0 Å². The summed E-state index contributed by atoms with van der Waals surface area (Å²) in [7, 11) is 0. The van der Waals surface area contributed by atoms with E-state index in [-0.39, 0.29) is 0 Å². The largest absolute Gasteiger partial charge is 0.241 e. The van der Waals surface area contributed by atoms with E-state index >= 15 is 0 Å². The minimum Gasteiger partial charge on any atom is -0.241 e. The van der Waals surface area contributed by atoms with Gasteiger partial charge in [0.2, 0.25) is 0 Å². The molecule has 0 atom stereocenters. The molecule has 0 unspecified atom stereocenters. The van der Waals surface area contributed by atoms with E-state index in [9.17, 15) is 0 Å². The monoisotopic (exact) mass is 189 g/mol. The van der Waals surface area contributed by atoms with Gasteiger partial charge in [-0.3, -0.25) is 0 Å². The van der Waals surface area contributed by atoms with Gasteiger partial charge in [-0.2, -0.15) is 0 Å². The van der Waals surface area contributed by atoms with Crippen molar-refractivity contribution in [1.29, 1.82) is 0 Å². The second-order valence-electron chi connectivity index (χ2n) is 2.34. The van der Waals surface area contributed by atoms with Gasteiger partial charge in [0.05, 0.1) is 0 Å². The maximum atomic E-state index is 4.18. The van der Waals surface area contributed by atoms with Gasteiger partial charge in [0.1, 0.15) is 0 Å². The second kappa shape index (κ2) is 3.45. The summed E-state index contributed by atoms with van der Waals surface area (Å²) in [6.45, 7) is 3.67. The van der Waals surface area contributed by atoms with E-state index in [4.69, 9.17) is 0 Å². The van der Waals surface area contributed by atoms with Crippen LogP contribution in [0.3, 0.4) is 0 Å². The van der Waals surface area contributed by atoms with Gasteiger partial charge in [0, 0.05) is 23.5 Å². The molecule has 2 rings (SSSR count). The highest BCUT2D eigenvalue weighted by molar-refractivity contribution is 7.15. The molecular weight excluding hydrogens is 182 g/mol. The van der Waals surface area contributed by atoms with Gasteiger partial charge < -0.3 is 0 Å². The van der Waals surface area contributed by atoms with E-state index < -0.39 is 0 Å². The number of aromatic nitrogens is 3. The summed E-state index contributed by atoms with van der Waals surface area (Å²) < 4.78 is 0. The molecule has 0 radical (unpaired) electrons. The van der Waals surface area contributed by atoms with Crippen LogP contribution in [-0.4, -0.2) is 15.0 Å². The molecule has 0 spiro atoms. The lowest BCUT2D eigenvalue weighted by molar-refractivity contribution is 1.16. The van der Waals surface area contributed by atoms with Crippen LogP contribution in [0.5, 0.6) is 0 Å². The molecule has 0 aliphatic carbocycles. The van der Waals surface area contributed by atoms with Crippen molar-refractivity contribution in [2.45, 2.75) is 0 Å². The average Bonchev–Trinajstić information content (AvgIpc) is 2.67. The Balaban J connectivity index is 2.41. The number of hydrogen-bond acceptors (Lipinski definition) is 4. The summed E-state index contributed by atoms with van der Waals surface area (Å²) in [6, 6.07) is 1.78. The molecule has 0 saturated heterocycles. The molecule has 0 aliphatic heterocycles. The first-order chi connectivity index (χ1) is 6.40. The Morgan fingerprint density at radius 3 is 2.62 bits per heavy atom. The zero-order chi connectivity index (χ0) is 9.10. The summed E-state index contributed by atoms with van der Waals surface area (Å²) in [5, 5.41) is 0.829. The molecule has 3 nitrogen and oxygen atoms in total.